The van der Waals surface area contributed by atoms with Crippen molar-refractivity contribution in [3.8, 4) is 0 Å². The van der Waals surface area contributed by atoms with Gasteiger partial charge in [0.05, 0.1) is 0 Å². The van der Waals surface area contributed by atoms with Gasteiger partial charge in [0.1, 0.15) is 0 Å². The smallest absolute Gasteiger partial charge is 0.00683 e. The van der Waals surface area contributed by atoms with E-state index in [1.807, 2.05) is 0 Å². The average Bonchev–Trinajstić information content (AvgIpc) is 2.90. The highest BCUT2D eigenvalue weighted by Gasteiger charge is 2.19. The Morgan fingerprint density at radius 3 is 2.58 bits per heavy atom. The van der Waals surface area contributed by atoms with E-state index in [-0.39, 0.29) is 0 Å². The summed E-state index contributed by atoms with van der Waals surface area (Å²) in [6.45, 7) is 1.13. The Balaban J connectivity index is 1.72. The molecular formula is C11H15N. The van der Waals surface area contributed by atoms with E-state index >= 15 is 0 Å². The van der Waals surface area contributed by atoms with Crippen molar-refractivity contribution in [2.45, 2.75) is 25.3 Å². The summed E-state index contributed by atoms with van der Waals surface area (Å²) in [6, 6.07) is 11.5. The molecule has 0 heterocycles. The minimum absolute atomic E-state index is 0.841. The number of hydrogen-bond donors (Lipinski definition) is 1. The molecule has 0 atom stereocenters. The van der Waals surface area contributed by atoms with E-state index in [1.165, 1.54) is 18.4 Å². The zero-order valence-corrected chi connectivity index (χ0v) is 7.29. The van der Waals surface area contributed by atoms with E-state index in [4.69, 9.17) is 0 Å². The Morgan fingerprint density at radius 1 is 1.17 bits per heavy atom. The standard InChI is InChI=1S/C11H15N/c1-2-4-10(5-3-1)8-9-12-11-6-7-11/h1-5,11-12H,6-9H2. The van der Waals surface area contributed by atoms with Crippen molar-refractivity contribution in [3.05, 3.63) is 35.9 Å². The van der Waals surface area contributed by atoms with Crippen LogP contribution in [0.2, 0.25) is 0 Å². The maximum Gasteiger partial charge on any atom is 0.00683 e. The predicted molar refractivity (Wildman–Crippen MR) is 51.2 cm³/mol. The molecule has 1 aromatic carbocycles. The van der Waals surface area contributed by atoms with Crippen LogP contribution in [0.5, 0.6) is 0 Å². The summed E-state index contributed by atoms with van der Waals surface area (Å²) in [5.41, 5.74) is 1.44. The molecule has 0 aliphatic heterocycles. The first-order chi connectivity index (χ1) is 5.95. The van der Waals surface area contributed by atoms with Gasteiger partial charge in [-0.1, -0.05) is 30.3 Å². The summed E-state index contributed by atoms with van der Waals surface area (Å²) in [5.74, 6) is 0. The minimum Gasteiger partial charge on any atom is -0.314 e. The molecule has 12 heavy (non-hydrogen) atoms. The maximum absolute atomic E-state index is 3.51. The molecule has 1 aliphatic rings. The van der Waals surface area contributed by atoms with Gasteiger partial charge in [-0.3, -0.25) is 0 Å². The maximum atomic E-state index is 3.51. The van der Waals surface area contributed by atoms with Crippen molar-refractivity contribution in [2.24, 2.45) is 0 Å². The lowest BCUT2D eigenvalue weighted by Crippen LogP contribution is -2.19. The fraction of sp³-hybridized carbons (Fsp3) is 0.455. The number of nitrogens with one attached hydrogen (secondary N) is 1. The Labute approximate surface area is 73.8 Å². The SMILES string of the molecule is c1ccc(CCNC2CC2)cc1. The average molecular weight is 161 g/mol. The van der Waals surface area contributed by atoms with E-state index in [9.17, 15) is 0 Å². The highest BCUT2D eigenvalue weighted by Crippen LogP contribution is 2.18. The third-order valence-electron chi connectivity index (χ3n) is 2.27. The van der Waals surface area contributed by atoms with Crippen molar-refractivity contribution >= 4 is 0 Å². The molecule has 1 N–H and O–H groups in total. The lowest BCUT2D eigenvalue weighted by Gasteiger charge is -2.01. The van der Waals surface area contributed by atoms with Gasteiger partial charge in [0.2, 0.25) is 0 Å². The Kier molecular flexibility index (Phi) is 2.42. The number of benzene rings is 1. The first-order valence-electron chi connectivity index (χ1n) is 4.72. The zero-order chi connectivity index (χ0) is 8.23. The summed E-state index contributed by atoms with van der Waals surface area (Å²) in [5, 5.41) is 3.51. The Bertz CT molecular complexity index is 226. The van der Waals surface area contributed by atoms with Crippen LogP contribution in [0.4, 0.5) is 0 Å². The lowest BCUT2D eigenvalue weighted by atomic mass is 10.1. The second kappa shape index (κ2) is 3.72. The second-order valence-corrected chi connectivity index (χ2v) is 3.46. The van der Waals surface area contributed by atoms with Gasteiger partial charge in [-0.15, -0.1) is 0 Å². The monoisotopic (exact) mass is 161 g/mol. The molecule has 1 nitrogen and oxygen atoms in total. The van der Waals surface area contributed by atoms with Gasteiger partial charge in [0.25, 0.3) is 0 Å². The van der Waals surface area contributed by atoms with Gasteiger partial charge in [-0.25, -0.2) is 0 Å². The van der Waals surface area contributed by atoms with Gasteiger partial charge >= 0.3 is 0 Å². The van der Waals surface area contributed by atoms with Crippen LogP contribution in [0, 0.1) is 0 Å². The first-order valence-corrected chi connectivity index (χ1v) is 4.72. The molecule has 0 unspecified atom stereocenters. The molecule has 0 spiro atoms. The van der Waals surface area contributed by atoms with Crippen molar-refractivity contribution in [1.29, 1.82) is 0 Å². The number of hydrogen-bond acceptors (Lipinski definition) is 1. The van der Waals surface area contributed by atoms with Crippen LogP contribution in [0.3, 0.4) is 0 Å². The molecule has 0 saturated heterocycles. The van der Waals surface area contributed by atoms with E-state index < -0.39 is 0 Å². The van der Waals surface area contributed by atoms with E-state index in [2.05, 4.69) is 35.6 Å². The molecule has 1 aromatic rings. The highest BCUT2D eigenvalue weighted by molar-refractivity contribution is 5.14. The third kappa shape index (κ3) is 2.35. The van der Waals surface area contributed by atoms with Gasteiger partial charge in [-0.05, 0) is 31.4 Å². The van der Waals surface area contributed by atoms with Crippen molar-refractivity contribution < 1.29 is 0 Å². The van der Waals surface area contributed by atoms with Crippen LogP contribution < -0.4 is 5.32 Å². The van der Waals surface area contributed by atoms with Crippen LogP contribution >= 0.6 is 0 Å². The molecule has 0 bridgehead atoms. The summed E-state index contributed by atoms with van der Waals surface area (Å²) in [7, 11) is 0. The lowest BCUT2D eigenvalue weighted by molar-refractivity contribution is 0.682. The summed E-state index contributed by atoms with van der Waals surface area (Å²) in [6.07, 6.45) is 3.93. The molecule has 0 amide bonds. The molecule has 64 valence electrons. The van der Waals surface area contributed by atoms with Crippen molar-refractivity contribution in [1.82, 2.24) is 5.32 Å². The van der Waals surface area contributed by atoms with Crippen LogP contribution in [0.25, 0.3) is 0 Å². The largest absolute Gasteiger partial charge is 0.314 e. The summed E-state index contributed by atoms with van der Waals surface area (Å²) in [4.78, 5) is 0. The predicted octanol–water partition coefficient (Wildman–Crippen LogP) is 1.98. The fourth-order valence-electron chi connectivity index (χ4n) is 1.35. The second-order valence-electron chi connectivity index (χ2n) is 3.46. The first kappa shape index (κ1) is 7.81. The van der Waals surface area contributed by atoms with Crippen LogP contribution in [0.15, 0.2) is 30.3 Å². The fourth-order valence-corrected chi connectivity index (χ4v) is 1.35. The van der Waals surface area contributed by atoms with E-state index in [0.717, 1.165) is 19.0 Å². The van der Waals surface area contributed by atoms with Crippen LogP contribution in [-0.4, -0.2) is 12.6 Å². The summed E-state index contributed by atoms with van der Waals surface area (Å²) >= 11 is 0. The topological polar surface area (TPSA) is 12.0 Å². The van der Waals surface area contributed by atoms with Gasteiger partial charge in [0, 0.05) is 6.04 Å². The zero-order valence-electron chi connectivity index (χ0n) is 7.29. The van der Waals surface area contributed by atoms with Gasteiger partial charge < -0.3 is 5.32 Å². The molecule has 1 heteroatoms. The van der Waals surface area contributed by atoms with Crippen LogP contribution in [0.1, 0.15) is 18.4 Å². The Morgan fingerprint density at radius 2 is 1.92 bits per heavy atom. The third-order valence-corrected chi connectivity index (χ3v) is 2.27. The molecule has 1 saturated carbocycles. The Hall–Kier alpha value is -0.820. The molecule has 1 aliphatic carbocycles. The van der Waals surface area contributed by atoms with Crippen LogP contribution in [-0.2, 0) is 6.42 Å². The number of rotatable bonds is 4. The minimum atomic E-state index is 0.841. The van der Waals surface area contributed by atoms with Crippen molar-refractivity contribution in [3.63, 3.8) is 0 Å². The highest BCUT2D eigenvalue weighted by atomic mass is 14.9. The van der Waals surface area contributed by atoms with Gasteiger partial charge in [-0.2, -0.15) is 0 Å². The molecule has 1 fully saturated rings. The normalized spacial score (nSPS) is 16.3. The van der Waals surface area contributed by atoms with E-state index in [0.29, 0.717) is 0 Å². The van der Waals surface area contributed by atoms with Gasteiger partial charge in [0.15, 0.2) is 0 Å². The van der Waals surface area contributed by atoms with Crippen molar-refractivity contribution in [2.75, 3.05) is 6.54 Å². The quantitative estimate of drug-likeness (QED) is 0.712. The summed E-state index contributed by atoms with van der Waals surface area (Å²) < 4.78 is 0. The molecule has 0 radical (unpaired) electrons. The molecular weight excluding hydrogens is 146 g/mol. The molecule has 2 rings (SSSR count). The molecule has 0 aromatic heterocycles. The van der Waals surface area contributed by atoms with E-state index in [1.54, 1.807) is 0 Å².